The molecule has 0 radical (unpaired) electrons. The van der Waals surface area contributed by atoms with E-state index in [2.05, 4.69) is 33.8 Å². The first-order chi connectivity index (χ1) is 17.4. The molecule has 0 saturated heterocycles. The SMILES string of the molecule is CC(C)n1c(=O)c2cnc(Nc3ccc4c(c3)CNCC43CC3)nc2n1-c1nc(C2(CF)CC2)cs1. The van der Waals surface area contributed by atoms with Crippen LogP contribution < -0.4 is 16.2 Å². The number of fused-ring (bicyclic) bond motifs is 3. The molecule has 3 aromatic heterocycles. The Hall–Kier alpha value is -3.11. The van der Waals surface area contributed by atoms with Crippen LogP contribution in [0, 0.1) is 0 Å². The van der Waals surface area contributed by atoms with Gasteiger partial charge in [-0.25, -0.2) is 19.3 Å². The van der Waals surface area contributed by atoms with Crippen LogP contribution in [0.5, 0.6) is 0 Å². The fourth-order valence-electron chi connectivity index (χ4n) is 5.52. The van der Waals surface area contributed by atoms with Gasteiger partial charge in [-0.2, -0.15) is 4.98 Å². The average Bonchev–Trinajstić information content (AvgIpc) is 3.76. The van der Waals surface area contributed by atoms with Gasteiger partial charge in [0.1, 0.15) is 12.1 Å². The van der Waals surface area contributed by atoms with Gasteiger partial charge in [-0.1, -0.05) is 6.07 Å². The van der Waals surface area contributed by atoms with E-state index in [4.69, 9.17) is 9.97 Å². The second-order valence-electron chi connectivity index (χ2n) is 10.8. The molecular formula is C26H28FN7OS. The molecule has 2 aliphatic carbocycles. The third-order valence-corrected chi connectivity index (χ3v) is 8.82. The zero-order valence-corrected chi connectivity index (χ0v) is 21.2. The highest BCUT2D eigenvalue weighted by molar-refractivity contribution is 7.12. The lowest BCUT2D eigenvalue weighted by Crippen LogP contribution is -2.33. The molecule has 0 amide bonds. The van der Waals surface area contributed by atoms with E-state index in [9.17, 15) is 9.18 Å². The van der Waals surface area contributed by atoms with Crippen LogP contribution >= 0.6 is 11.3 Å². The Balaban J connectivity index is 1.29. The molecule has 2 saturated carbocycles. The molecule has 0 atom stereocenters. The van der Waals surface area contributed by atoms with Gasteiger partial charge in [0, 0.05) is 47.2 Å². The lowest BCUT2D eigenvalue weighted by atomic mass is 9.88. The van der Waals surface area contributed by atoms with Gasteiger partial charge >= 0.3 is 0 Å². The third-order valence-electron chi connectivity index (χ3n) is 8.00. The van der Waals surface area contributed by atoms with Crippen LogP contribution in [-0.2, 0) is 17.4 Å². The first-order valence-electron chi connectivity index (χ1n) is 12.6. The summed E-state index contributed by atoms with van der Waals surface area (Å²) in [6.45, 7) is 5.41. The van der Waals surface area contributed by atoms with Gasteiger partial charge in [0.15, 0.2) is 5.65 Å². The van der Waals surface area contributed by atoms with Crippen LogP contribution in [0.3, 0.4) is 0 Å². The van der Waals surface area contributed by atoms with E-state index in [0.29, 0.717) is 27.5 Å². The minimum absolute atomic E-state index is 0.116. The summed E-state index contributed by atoms with van der Waals surface area (Å²) in [7, 11) is 0. The number of thiazole rings is 1. The number of anilines is 2. The molecule has 4 aromatic rings. The van der Waals surface area contributed by atoms with Crippen LogP contribution in [0.15, 0.2) is 34.6 Å². The Morgan fingerprint density at radius 3 is 2.78 bits per heavy atom. The Labute approximate surface area is 211 Å². The van der Waals surface area contributed by atoms with E-state index in [0.717, 1.165) is 37.3 Å². The molecule has 2 fully saturated rings. The molecule has 8 nitrogen and oxygen atoms in total. The number of rotatable bonds is 6. The summed E-state index contributed by atoms with van der Waals surface area (Å²) >= 11 is 1.41. The molecule has 186 valence electrons. The van der Waals surface area contributed by atoms with Gasteiger partial charge in [0.05, 0.1) is 5.69 Å². The van der Waals surface area contributed by atoms with E-state index in [1.54, 1.807) is 15.6 Å². The molecule has 1 spiro atoms. The predicted molar refractivity (Wildman–Crippen MR) is 138 cm³/mol. The van der Waals surface area contributed by atoms with Gasteiger partial charge in [-0.3, -0.25) is 9.18 Å². The van der Waals surface area contributed by atoms with E-state index >= 15 is 0 Å². The molecule has 1 aliphatic heterocycles. The molecule has 4 heterocycles. The van der Waals surface area contributed by atoms with Crippen LogP contribution in [0.2, 0.25) is 0 Å². The summed E-state index contributed by atoms with van der Waals surface area (Å²) in [5.74, 6) is 0.418. The van der Waals surface area contributed by atoms with Crippen molar-refractivity contribution >= 4 is 34.0 Å². The van der Waals surface area contributed by atoms with Gasteiger partial charge < -0.3 is 10.6 Å². The van der Waals surface area contributed by atoms with Gasteiger partial charge in [-0.05, 0) is 62.8 Å². The van der Waals surface area contributed by atoms with Gasteiger partial charge in [0.2, 0.25) is 11.1 Å². The predicted octanol–water partition coefficient (Wildman–Crippen LogP) is 4.50. The molecule has 2 N–H and O–H groups in total. The van der Waals surface area contributed by atoms with Crippen molar-refractivity contribution in [3.05, 3.63) is 57.0 Å². The second kappa shape index (κ2) is 7.69. The minimum atomic E-state index is -0.456. The summed E-state index contributed by atoms with van der Waals surface area (Å²) in [5.41, 5.74) is 4.64. The Bertz CT molecular complexity index is 1560. The van der Waals surface area contributed by atoms with Crippen molar-refractivity contribution in [3.8, 4) is 5.13 Å². The standard InChI is InChI=1S/C26H28FN7OS/c1-15(2)33-22(35)18-11-29-23(30-17-3-4-19-16(9-17)10-28-14-26(19)7-8-26)32-21(18)34(33)24-31-20(12-36-24)25(13-27)5-6-25/h3-4,9,11-12,15,28H,5-8,10,13-14H2,1-2H3,(H,29,30,32). The Morgan fingerprint density at radius 2 is 2.06 bits per heavy atom. The molecule has 36 heavy (non-hydrogen) atoms. The highest BCUT2D eigenvalue weighted by Gasteiger charge is 2.47. The van der Waals surface area contributed by atoms with Crippen molar-refractivity contribution in [1.82, 2.24) is 29.6 Å². The second-order valence-corrected chi connectivity index (χ2v) is 11.6. The summed E-state index contributed by atoms with van der Waals surface area (Å²) < 4.78 is 17.1. The largest absolute Gasteiger partial charge is 0.324 e. The zero-order chi connectivity index (χ0) is 24.7. The topological polar surface area (TPSA) is 89.7 Å². The number of nitrogens with one attached hydrogen (secondary N) is 2. The molecule has 0 bridgehead atoms. The maximum atomic E-state index is 13.7. The summed E-state index contributed by atoms with van der Waals surface area (Å²) in [6, 6.07) is 6.36. The van der Waals surface area contributed by atoms with Gasteiger partial charge in [-0.15, -0.1) is 11.3 Å². The van der Waals surface area contributed by atoms with Crippen LogP contribution in [0.25, 0.3) is 16.2 Å². The van der Waals surface area contributed by atoms with E-state index < -0.39 is 12.1 Å². The number of hydrogen-bond donors (Lipinski definition) is 2. The maximum absolute atomic E-state index is 13.7. The zero-order valence-electron chi connectivity index (χ0n) is 20.3. The minimum Gasteiger partial charge on any atom is -0.324 e. The maximum Gasteiger partial charge on any atom is 0.278 e. The number of hydrogen-bond acceptors (Lipinski definition) is 7. The quantitative estimate of drug-likeness (QED) is 0.401. The Morgan fingerprint density at radius 1 is 1.22 bits per heavy atom. The van der Waals surface area contributed by atoms with Crippen molar-refractivity contribution in [2.24, 2.45) is 0 Å². The Kier molecular flexibility index (Phi) is 4.73. The monoisotopic (exact) mass is 505 g/mol. The fraction of sp³-hybridized carbons (Fsp3) is 0.462. The highest BCUT2D eigenvalue weighted by Crippen LogP contribution is 2.51. The van der Waals surface area contributed by atoms with E-state index in [1.165, 1.54) is 35.3 Å². The smallest absolute Gasteiger partial charge is 0.278 e. The third kappa shape index (κ3) is 3.27. The summed E-state index contributed by atoms with van der Waals surface area (Å²) in [4.78, 5) is 27.3. The van der Waals surface area contributed by atoms with Crippen LogP contribution in [0.4, 0.5) is 16.0 Å². The van der Waals surface area contributed by atoms with E-state index in [-0.39, 0.29) is 11.6 Å². The number of aromatic nitrogens is 5. The molecule has 7 rings (SSSR count). The first kappa shape index (κ1) is 22.1. The number of nitrogens with zero attached hydrogens (tertiary/aromatic N) is 5. The first-order valence-corrected chi connectivity index (χ1v) is 13.4. The lowest BCUT2D eigenvalue weighted by Gasteiger charge is -2.26. The average molecular weight is 506 g/mol. The molecule has 10 heteroatoms. The molecule has 1 aromatic carbocycles. The molecule has 3 aliphatic rings. The van der Waals surface area contributed by atoms with E-state index in [1.807, 2.05) is 19.2 Å². The van der Waals surface area contributed by atoms with Gasteiger partial charge in [0.25, 0.3) is 5.56 Å². The van der Waals surface area contributed by atoms with Crippen molar-refractivity contribution in [1.29, 1.82) is 0 Å². The molecule has 0 unspecified atom stereocenters. The number of alkyl halides is 1. The number of benzene rings is 1. The normalized spacial score (nSPS) is 19.1. The van der Waals surface area contributed by atoms with Crippen molar-refractivity contribution in [3.63, 3.8) is 0 Å². The summed E-state index contributed by atoms with van der Waals surface area (Å²) in [5, 5.41) is 9.85. The van der Waals surface area contributed by atoms with Crippen molar-refractivity contribution in [2.45, 2.75) is 62.9 Å². The number of halogens is 1. The molecular weight excluding hydrogens is 477 g/mol. The van der Waals surface area contributed by atoms with Crippen LogP contribution in [0.1, 0.15) is 62.4 Å². The van der Waals surface area contributed by atoms with Crippen molar-refractivity contribution < 1.29 is 4.39 Å². The highest BCUT2D eigenvalue weighted by atomic mass is 32.1. The summed E-state index contributed by atoms with van der Waals surface area (Å²) in [6.07, 6.45) is 5.69. The fourth-order valence-corrected chi connectivity index (χ4v) is 6.46. The van der Waals surface area contributed by atoms with Crippen molar-refractivity contribution in [2.75, 3.05) is 18.5 Å². The lowest BCUT2D eigenvalue weighted by molar-refractivity contribution is 0.412. The van der Waals surface area contributed by atoms with Crippen LogP contribution in [-0.4, -0.2) is 37.5 Å².